The fourth-order valence-corrected chi connectivity index (χ4v) is 2.66. The topological polar surface area (TPSA) is 42.2 Å². The molecule has 21 heavy (non-hydrogen) atoms. The third-order valence-corrected chi connectivity index (χ3v) is 3.84. The fraction of sp³-hybridized carbons (Fsp3) is 0.167. The van der Waals surface area contributed by atoms with Crippen molar-refractivity contribution in [1.82, 2.24) is 4.57 Å². The first-order valence-corrected chi connectivity index (χ1v) is 7.01. The highest BCUT2D eigenvalue weighted by Gasteiger charge is 2.20. The molecule has 1 N–H and O–H groups in total. The standard InChI is InChI=1S/C18H17NO2/c1-13(18(20)21)17-11-15-9-5-6-10-16(15)19(17)12-14-7-3-2-4-8-14/h2-11,13H,12H2,1H3,(H,20,21). The monoisotopic (exact) mass is 279 g/mol. The molecule has 0 amide bonds. The molecule has 3 heteroatoms. The van der Waals surface area contributed by atoms with Crippen LogP contribution >= 0.6 is 0 Å². The Morgan fingerprint density at radius 2 is 1.76 bits per heavy atom. The molecule has 1 atom stereocenters. The van der Waals surface area contributed by atoms with E-state index in [2.05, 4.69) is 16.7 Å². The van der Waals surface area contributed by atoms with E-state index in [0.717, 1.165) is 22.2 Å². The minimum absolute atomic E-state index is 0.527. The molecule has 0 saturated heterocycles. The summed E-state index contributed by atoms with van der Waals surface area (Å²) in [5.41, 5.74) is 3.08. The van der Waals surface area contributed by atoms with Gasteiger partial charge >= 0.3 is 5.97 Å². The first kappa shape index (κ1) is 13.4. The van der Waals surface area contributed by atoms with Gasteiger partial charge in [-0.1, -0.05) is 48.5 Å². The summed E-state index contributed by atoms with van der Waals surface area (Å²) in [5.74, 6) is -1.33. The highest BCUT2D eigenvalue weighted by molar-refractivity contribution is 5.84. The SMILES string of the molecule is CC(C(=O)O)c1cc2ccccc2n1Cc1ccccc1. The van der Waals surface area contributed by atoms with E-state index in [-0.39, 0.29) is 0 Å². The van der Waals surface area contributed by atoms with Crippen LogP contribution in [0.1, 0.15) is 24.1 Å². The second kappa shape index (κ2) is 5.44. The fourth-order valence-electron chi connectivity index (χ4n) is 2.66. The van der Waals surface area contributed by atoms with Gasteiger partial charge in [-0.05, 0) is 30.0 Å². The molecule has 2 aromatic carbocycles. The average molecular weight is 279 g/mol. The molecular formula is C18H17NO2. The van der Waals surface area contributed by atoms with Gasteiger partial charge in [0.15, 0.2) is 0 Å². The van der Waals surface area contributed by atoms with Crippen molar-refractivity contribution < 1.29 is 9.90 Å². The molecule has 0 bridgehead atoms. The summed E-state index contributed by atoms with van der Waals surface area (Å²) < 4.78 is 2.10. The lowest BCUT2D eigenvalue weighted by Gasteiger charge is -2.13. The maximum atomic E-state index is 11.4. The van der Waals surface area contributed by atoms with Crippen molar-refractivity contribution in [3.63, 3.8) is 0 Å². The van der Waals surface area contributed by atoms with Gasteiger partial charge in [0.05, 0.1) is 5.92 Å². The van der Waals surface area contributed by atoms with E-state index in [9.17, 15) is 9.90 Å². The van der Waals surface area contributed by atoms with Gasteiger partial charge < -0.3 is 9.67 Å². The maximum Gasteiger partial charge on any atom is 0.312 e. The molecule has 3 nitrogen and oxygen atoms in total. The molecule has 0 radical (unpaired) electrons. The van der Waals surface area contributed by atoms with Crippen molar-refractivity contribution in [3.8, 4) is 0 Å². The van der Waals surface area contributed by atoms with Gasteiger partial charge in [0.2, 0.25) is 0 Å². The van der Waals surface area contributed by atoms with E-state index in [1.165, 1.54) is 0 Å². The molecule has 1 unspecified atom stereocenters. The van der Waals surface area contributed by atoms with Crippen LogP contribution in [0.3, 0.4) is 0 Å². The Bertz CT molecular complexity index is 774. The van der Waals surface area contributed by atoms with Crippen LogP contribution in [-0.2, 0) is 11.3 Å². The van der Waals surface area contributed by atoms with E-state index >= 15 is 0 Å². The number of rotatable bonds is 4. The van der Waals surface area contributed by atoms with Gasteiger partial charge in [0, 0.05) is 17.8 Å². The molecule has 0 spiro atoms. The zero-order valence-corrected chi connectivity index (χ0v) is 11.9. The molecular weight excluding hydrogens is 262 g/mol. The quantitative estimate of drug-likeness (QED) is 0.787. The van der Waals surface area contributed by atoms with Gasteiger partial charge in [-0.3, -0.25) is 4.79 Å². The number of fused-ring (bicyclic) bond motifs is 1. The van der Waals surface area contributed by atoms with Gasteiger partial charge in [0.1, 0.15) is 0 Å². The summed E-state index contributed by atoms with van der Waals surface area (Å²) in [6, 6.07) is 20.1. The lowest BCUT2D eigenvalue weighted by atomic mass is 10.1. The molecule has 0 aliphatic rings. The maximum absolute atomic E-state index is 11.4. The Labute approximate surface area is 123 Å². The molecule has 0 aliphatic heterocycles. The van der Waals surface area contributed by atoms with Crippen LogP contribution in [0.5, 0.6) is 0 Å². The van der Waals surface area contributed by atoms with Crippen molar-refractivity contribution in [3.05, 3.63) is 71.9 Å². The van der Waals surface area contributed by atoms with E-state index in [4.69, 9.17) is 0 Å². The number of carbonyl (C=O) groups is 1. The van der Waals surface area contributed by atoms with E-state index in [0.29, 0.717) is 6.54 Å². The molecule has 106 valence electrons. The van der Waals surface area contributed by atoms with Gasteiger partial charge in [-0.15, -0.1) is 0 Å². The third-order valence-electron chi connectivity index (χ3n) is 3.84. The summed E-state index contributed by atoms with van der Waals surface area (Å²) in [5, 5.41) is 10.4. The molecule has 1 heterocycles. The van der Waals surface area contributed by atoms with Crippen LogP contribution in [0.4, 0.5) is 0 Å². The summed E-state index contributed by atoms with van der Waals surface area (Å²) >= 11 is 0. The zero-order valence-electron chi connectivity index (χ0n) is 11.9. The summed E-state index contributed by atoms with van der Waals surface area (Å²) in [6.45, 7) is 2.42. The van der Waals surface area contributed by atoms with E-state index < -0.39 is 11.9 Å². The molecule has 3 rings (SSSR count). The normalized spacial score (nSPS) is 12.4. The van der Waals surface area contributed by atoms with Gasteiger partial charge in [-0.25, -0.2) is 0 Å². The van der Waals surface area contributed by atoms with Crippen molar-refractivity contribution in [1.29, 1.82) is 0 Å². The minimum atomic E-state index is -0.799. The third kappa shape index (κ3) is 2.55. The molecule has 3 aromatic rings. The second-order valence-electron chi connectivity index (χ2n) is 5.26. The first-order valence-electron chi connectivity index (χ1n) is 7.01. The van der Waals surface area contributed by atoms with Crippen LogP contribution in [0.25, 0.3) is 10.9 Å². The predicted molar refractivity (Wildman–Crippen MR) is 83.5 cm³/mol. The van der Waals surface area contributed by atoms with Gasteiger partial charge in [0.25, 0.3) is 0 Å². The second-order valence-corrected chi connectivity index (χ2v) is 5.26. The van der Waals surface area contributed by atoms with E-state index in [1.54, 1.807) is 6.92 Å². The number of carboxylic acid groups (broad SMARTS) is 1. The van der Waals surface area contributed by atoms with Crippen molar-refractivity contribution in [2.24, 2.45) is 0 Å². The number of aliphatic carboxylic acids is 1. The molecule has 1 aromatic heterocycles. The Balaban J connectivity index is 2.13. The number of carboxylic acids is 1. The minimum Gasteiger partial charge on any atom is -0.481 e. The highest BCUT2D eigenvalue weighted by atomic mass is 16.4. The highest BCUT2D eigenvalue weighted by Crippen LogP contribution is 2.26. The Kier molecular flexibility index (Phi) is 3.48. The van der Waals surface area contributed by atoms with E-state index in [1.807, 2.05) is 48.5 Å². The lowest BCUT2D eigenvalue weighted by molar-refractivity contribution is -0.138. The molecule has 0 saturated carbocycles. The Hall–Kier alpha value is -2.55. The Morgan fingerprint density at radius 3 is 2.48 bits per heavy atom. The van der Waals surface area contributed by atoms with Gasteiger partial charge in [-0.2, -0.15) is 0 Å². The summed E-state index contributed by atoms with van der Waals surface area (Å²) in [7, 11) is 0. The van der Waals surface area contributed by atoms with Crippen LogP contribution in [0, 0.1) is 0 Å². The Morgan fingerprint density at radius 1 is 1.10 bits per heavy atom. The average Bonchev–Trinajstić information content (AvgIpc) is 2.86. The molecule has 0 fully saturated rings. The smallest absolute Gasteiger partial charge is 0.312 e. The molecule has 0 aliphatic carbocycles. The van der Waals surface area contributed by atoms with Crippen LogP contribution in [0.2, 0.25) is 0 Å². The number of benzene rings is 2. The summed E-state index contributed by atoms with van der Waals surface area (Å²) in [6.07, 6.45) is 0. The number of nitrogens with zero attached hydrogens (tertiary/aromatic N) is 1. The lowest BCUT2D eigenvalue weighted by Crippen LogP contribution is -2.13. The number of para-hydroxylation sites is 1. The van der Waals surface area contributed by atoms with Crippen molar-refractivity contribution in [2.75, 3.05) is 0 Å². The van der Waals surface area contributed by atoms with Crippen molar-refractivity contribution >= 4 is 16.9 Å². The number of aromatic nitrogens is 1. The first-order chi connectivity index (χ1) is 10.2. The number of hydrogen-bond donors (Lipinski definition) is 1. The van der Waals surface area contributed by atoms with Crippen LogP contribution < -0.4 is 0 Å². The summed E-state index contributed by atoms with van der Waals surface area (Å²) in [4.78, 5) is 11.4. The zero-order chi connectivity index (χ0) is 14.8. The van der Waals surface area contributed by atoms with Crippen LogP contribution in [-0.4, -0.2) is 15.6 Å². The van der Waals surface area contributed by atoms with Crippen molar-refractivity contribution in [2.45, 2.75) is 19.4 Å². The van der Waals surface area contributed by atoms with Crippen LogP contribution in [0.15, 0.2) is 60.7 Å². The number of hydrogen-bond acceptors (Lipinski definition) is 1. The predicted octanol–water partition coefficient (Wildman–Crippen LogP) is 3.88. The largest absolute Gasteiger partial charge is 0.481 e.